The van der Waals surface area contributed by atoms with Crippen LogP contribution in [0.2, 0.25) is 0 Å². The molecule has 1 rings (SSSR count). The van der Waals surface area contributed by atoms with E-state index in [2.05, 4.69) is 51.1 Å². The lowest BCUT2D eigenvalue weighted by Gasteiger charge is -2.12. The van der Waals surface area contributed by atoms with Crippen LogP contribution in [-0.4, -0.2) is 6.04 Å². The number of allylic oxidation sites excluding steroid dienone is 1. The van der Waals surface area contributed by atoms with E-state index in [0.717, 1.165) is 6.42 Å². The summed E-state index contributed by atoms with van der Waals surface area (Å²) in [6.45, 7) is 6.45. The molecule has 1 aromatic carbocycles. The van der Waals surface area contributed by atoms with Crippen LogP contribution in [0.4, 0.5) is 0 Å². The second kappa shape index (κ2) is 5.72. The summed E-state index contributed by atoms with van der Waals surface area (Å²) in [6, 6.07) is 10.7. The van der Waals surface area contributed by atoms with Crippen LogP contribution < -0.4 is 5.73 Å². The lowest BCUT2D eigenvalue weighted by molar-refractivity contribution is 0.756. The van der Waals surface area contributed by atoms with Gasteiger partial charge in [0.15, 0.2) is 0 Å². The quantitative estimate of drug-likeness (QED) is 0.796. The third kappa shape index (κ3) is 4.30. The van der Waals surface area contributed by atoms with Gasteiger partial charge in [-0.05, 0) is 30.4 Å². The summed E-state index contributed by atoms with van der Waals surface area (Å²) in [6.07, 6.45) is 3.25. The first kappa shape index (κ1) is 12.0. The van der Waals surface area contributed by atoms with Crippen LogP contribution in [0.3, 0.4) is 0 Å². The lowest BCUT2D eigenvalue weighted by atomic mass is 9.96. The molecule has 0 amide bonds. The molecular weight excluding hydrogens is 182 g/mol. The topological polar surface area (TPSA) is 26.0 Å². The minimum absolute atomic E-state index is 0.218. The van der Waals surface area contributed by atoms with Crippen molar-refractivity contribution in [3.05, 3.63) is 42.0 Å². The molecule has 0 aliphatic heterocycles. The van der Waals surface area contributed by atoms with Gasteiger partial charge in [-0.25, -0.2) is 0 Å². The number of hydrogen-bond donors (Lipinski definition) is 1. The molecule has 1 aromatic rings. The zero-order valence-corrected chi connectivity index (χ0v) is 9.90. The molecule has 2 N–H and O–H groups in total. The summed E-state index contributed by atoms with van der Waals surface area (Å²) >= 11 is 0. The Morgan fingerprint density at radius 3 is 2.27 bits per heavy atom. The van der Waals surface area contributed by atoms with E-state index in [1.54, 1.807) is 0 Å². The van der Waals surface area contributed by atoms with Gasteiger partial charge in [-0.3, -0.25) is 0 Å². The average molecular weight is 203 g/mol. The van der Waals surface area contributed by atoms with Crippen LogP contribution in [0.25, 0.3) is 5.57 Å². The summed E-state index contributed by atoms with van der Waals surface area (Å²) in [7, 11) is 0. The monoisotopic (exact) mass is 203 g/mol. The Balaban J connectivity index is 2.92. The molecule has 0 saturated carbocycles. The van der Waals surface area contributed by atoms with Crippen molar-refractivity contribution in [1.82, 2.24) is 0 Å². The molecule has 0 heterocycles. The Morgan fingerprint density at radius 2 is 1.80 bits per heavy atom. The third-order valence-electron chi connectivity index (χ3n) is 2.22. The highest BCUT2D eigenvalue weighted by molar-refractivity contribution is 5.66. The Labute approximate surface area is 93.0 Å². The molecule has 0 aromatic heterocycles. The van der Waals surface area contributed by atoms with Crippen LogP contribution >= 0.6 is 0 Å². The van der Waals surface area contributed by atoms with Crippen LogP contribution in [0.5, 0.6) is 0 Å². The molecule has 82 valence electrons. The Hall–Kier alpha value is -1.08. The third-order valence-corrected chi connectivity index (χ3v) is 2.22. The van der Waals surface area contributed by atoms with E-state index in [0.29, 0.717) is 5.92 Å². The van der Waals surface area contributed by atoms with Gasteiger partial charge in [0, 0.05) is 6.04 Å². The maximum Gasteiger partial charge on any atom is 0.00510 e. The molecule has 0 spiro atoms. The summed E-state index contributed by atoms with van der Waals surface area (Å²) in [4.78, 5) is 0. The van der Waals surface area contributed by atoms with Crippen LogP contribution in [0, 0.1) is 5.92 Å². The van der Waals surface area contributed by atoms with E-state index >= 15 is 0 Å². The molecule has 0 fully saturated rings. The predicted octanol–water partition coefficient (Wildman–Crippen LogP) is 3.46. The number of hydrogen-bond acceptors (Lipinski definition) is 1. The number of benzene rings is 1. The minimum atomic E-state index is 0.218. The second-order valence-electron chi connectivity index (χ2n) is 4.48. The van der Waals surface area contributed by atoms with E-state index in [-0.39, 0.29) is 6.04 Å². The number of nitrogens with two attached hydrogens (primary N) is 1. The molecular formula is C14H21N. The second-order valence-corrected chi connectivity index (χ2v) is 4.48. The zero-order valence-electron chi connectivity index (χ0n) is 9.90. The van der Waals surface area contributed by atoms with E-state index < -0.39 is 0 Å². The summed E-state index contributed by atoms with van der Waals surface area (Å²) in [5, 5.41) is 0. The van der Waals surface area contributed by atoms with Crippen LogP contribution in [-0.2, 0) is 0 Å². The Bertz CT molecular complexity index is 309. The summed E-state index contributed by atoms with van der Waals surface area (Å²) in [5.74, 6) is 0.568. The van der Waals surface area contributed by atoms with Crippen molar-refractivity contribution in [3.8, 4) is 0 Å². The molecule has 1 nitrogen and oxygen atoms in total. The molecule has 0 saturated heterocycles. The molecule has 1 unspecified atom stereocenters. The van der Waals surface area contributed by atoms with Gasteiger partial charge in [0.05, 0.1) is 0 Å². The summed E-state index contributed by atoms with van der Waals surface area (Å²) < 4.78 is 0. The normalized spacial score (nSPS) is 14.3. The standard InChI is InChI=1S/C14H21N/c1-11(2)9-14(10-12(3)15)13-7-5-4-6-8-13/h4-9,11-12H,10,15H2,1-3H3/b14-9+. The fraction of sp³-hybridized carbons (Fsp3) is 0.429. The molecule has 0 bridgehead atoms. The van der Waals surface area contributed by atoms with Crippen molar-refractivity contribution >= 4 is 5.57 Å². The fourth-order valence-corrected chi connectivity index (χ4v) is 1.68. The van der Waals surface area contributed by atoms with Gasteiger partial charge in [-0.1, -0.05) is 50.3 Å². The highest BCUT2D eigenvalue weighted by Gasteiger charge is 2.04. The first-order valence-corrected chi connectivity index (χ1v) is 5.61. The Kier molecular flexibility index (Phi) is 4.57. The minimum Gasteiger partial charge on any atom is -0.328 e. The fourth-order valence-electron chi connectivity index (χ4n) is 1.68. The van der Waals surface area contributed by atoms with E-state index in [4.69, 9.17) is 5.73 Å². The van der Waals surface area contributed by atoms with E-state index in [1.807, 2.05) is 6.07 Å². The van der Waals surface area contributed by atoms with Crippen LogP contribution in [0.1, 0.15) is 32.8 Å². The van der Waals surface area contributed by atoms with Crippen molar-refractivity contribution in [2.75, 3.05) is 0 Å². The Morgan fingerprint density at radius 1 is 1.20 bits per heavy atom. The SMILES string of the molecule is CC(C)/C=C(\CC(C)N)c1ccccc1. The lowest BCUT2D eigenvalue weighted by Crippen LogP contribution is -2.15. The van der Waals surface area contributed by atoms with Crippen molar-refractivity contribution < 1.29 is 0 Å². The highest BCUT2D eigenvalue weighted by Crippen LogP contribution is 2.21. The van der Waals surface area contributed by atoms with E-state index in [9.17, 15) is 0 Å². The maximum absolute atomic E-state index is 5.87. The van der Waals surface area contributed by atoms with Crippen molar-refractivity contribution in [2.45, 2.75) is 33.2 Å². The highest BCUT2D eigenvalue weighted by atomic mass is 14.6. The molecule has 0 radical (unpaired) electrons. The molecule has 15 heavy (non-hydrogen) atoms. The first-order chi connectivity index (χ1) is 7.09. The maximum atomic E-state index is 5.87. The van der Waals surface area contributed by atoms with Gasteiger partial charge in [-0.15, -0.1) is 0 Å². The van der Waals surface area contributed by atoms with Gasteiger partial charge in [0.1, 0.15) is 0 Å². The van der Waals surface area contributed by atoms with E-state index in [1.165, 1.54) is 11.1 Å². The van der Waals surface area contributed by atoms with Gasteiger partial charge in [0.25, 0.3) is 0 Å². The average Bonchev–Trinajstić information content (AvgIpc) is 2.17. The molecule has 0 aliphatic carbocycles. The van der Waals surface area contributed by atoms with Crippen LogP contribution in [0.15, 0.2) is 36.4 Å². The van der Waals surface area contributed by atoms with Gasteiger partial charge >= 0.3 is 0 Å². The zero-order chi connectivity index (χ0) is 11.3. The number of rotatable bonds is 4. The van der Waals surface area contributed by atoms with Gasteiger partial charge in [0.2, 0.25) is 0 Å². The summed E-state index contributed by atoms with van der Waals surface area (Å²) in [5.41, 5.74) is 8.52. The predicted molar refractivity (Wildman–Crippen MR) is 67.5 cm³/mol. The molecule has 1 heteroatoms. The van der Waals surface area contributed by atoms with Crippen molar-refractivity contribution in [2.24, 2.45) is 11.7 Å². The van der Waals surface area contributed by atoms with Crippen molar-refractivity contribution in [1.29, 1.82) is 0 Å². The molecule has 0 aliphatic rings. The van der Waals surface area contributed by atoms with Gasteiger partial charge in [-0.2, -0.15) is 0 Å². The van der Waals surface area contributed by atoms with Crippen molar-refractivity contribution in [3.63, 3.8) is 0 Å². The largest absolute Gasteiger partial charge is 0.328 e. The van der Waals surface area contributed by atoms with Gasteiger partial charge < -0.3 is 5.73 Å². The smallest absolute Gasteiger partial charge is 0.00510 e. The first-order valence-electron chi connectivity index (χ1n) is 5.61. The molecule has 1 atom stereocenters.